The number of sulfonamides is 1. The summed E-state index contributed by atoms with van der Waals surface area (Å²) in [5.41, 5.74) is 6.14. The molecule has 23 heavy (non-hydrogen) atoms. The second-order valence-corrected chi connectivity index (χ2v) is 7.56. The lowest BCUT2D eigenvalue weighted by molar-refractivity contribution is 0.0528. The Morgan fingerprint density at radius 1 is 1.26 bits per heavy atom. The van der Waals surface area contributed by atoms with Gasteiger partial charge in [0.05, 0.1) is 16.3 Å². The third-order valence-electron chi connectivity index (χ3n) is 2.69. The third-order valence-corrected chi connectivity index (χ3v) is 3.60. The Morgan fingerprint density at radius 3 is 2.48 bits per heavy atom. The van der Waals surface area contributed by atoms with Gasteiger partial charge in [-0.2, -0.15) is 0 Å². The van der Waals surface area contributed by atoms with Crippen LogP contribution in [0, 0.1) is 0 Å². The van der Waals surface area contributed by atoms with Crippen molar-refractivity contribution in [2.45, 2.75) is 37.7 Å². The van der Waals surface area contributed by atoms with Crippen LogP contribution in [0.5, 0.6) is 0 Å². The van der Waals surface area contributed by atoms with Crippen molar-refractivity contribution in [2.24, 2.45) is 5.14 Å². The minimum absolute atomic E-state index is 0.0129. The summed E-state index contributed by atoms with van der Waals surface area (Å²) in [4.78, 5) is 11.4. The minimum atomic E-state index is -3.78. The highest BCUT2D eigenvalue weighted by Crippen LogP contribution is 2.22. The number of hydrogen-bond acceptors (Lipinski definition) is 6. The standard InChI is InChI=1S/C14H24N4O4S/c1-14(2,3)22-13(19)18-8-4-7-17-12-9-10(23(16,20)21)5-6-11(12)15/h5-6,9,17H,4,7-8,15H2,1-3H3,(H,18,19)(H2,16,20,21). The predicted molar refractivity (Wildman–Crippen MR) is 89.6 cm³/mol. The number of primary sulfonamides is 1. The van der Waals surface area contributed by atoms with E-state index in [1.54, 1.807) is 20.8 Å². The smallest absolute Gasteiger partial charge is 0.407 e. The first-order chi connectivity index (χ1) is 10.5. The zero-order valence-electron chi connectivity index (χ0n) is 13.5. The molecule has 1 rings (SSSR count). The van der Waals surface area contributed by atoms with Gasteiger partial charge in [0.2, 0.25) is 10.0 Å². The summed E-state index contributed by atoms with van der Waals surface area (Å²) >= 11 is 0. The fourth-order valence-corrected chi connectivity index (χ4v) is 2.22. The molecule has 0 atom stereocenters. The van der Waals surface area contributed by atoms with E-state index in [9.17, 15) is 13.2 Å². The van der Waals surface area contributed by atoms with Crippen molar-refractivity contribution in [2.75, 3.05) is 24.1 Å². The van der Waals surface area contributed by atoms with Crippen LogP contribution in [0.15, 0.2) is 23.1 Å². The first-order valence-corrected chi connectivity index (χ1v) is 8.67. The van der Waals surface area contributed by atoms with E-state index < -0.39 is 21.7 Å². The molecule has 8 nitrogen and oxygen atoms in total. The molecule has 0 aliphatic heterocycles. The molecule has 0 unspecified atom stereocenters. The predicted octanol–water partition coefficient (Wildman–Crippen LogP) is 1.24. The van der Waals surface area contributed by atoms with Crippen LogP contribution in [0.3, 0.4) is 0 Å². The van der Waals surface area contributed by atoms with Crippen molar-refractivity contribution in [3.8, 4) is 0 Å². The van der Waals surface area contributed by atoms with Crippen LogP contribution in [0.4, 0.5) is 16.2 Å². The van der Waals surface area contributed by atoms with Gasteiger partial charge in [-0.3, -0.25) is 0 Å². The molecule has 0 bridgehead atoms. The number of benzene rings is 1. The second-order valence-electron chi connectivity index (χ2n) is 6.00. The van der Waals surface area contributed by atoms with E-state index in [-0.39, 0.29) is 4.90 Å². The molecule has 1 amide bonds. The van der Waals surface area contributed by atoms with Crippen LogP contribution < -0.4 is 21.5 Å². The van der Waals surface area contributed by atoms with Crippen LogP contribution >= 0.6 is 0 Å². The summed E-state index contributed by atoms with van der Waals surface area (Å²) in [5.74, 6) is 0. The Morgan fingerprint density at radius 2 is 1.91 bits per heavy atom. The zero-order valence-corrected chi connectivity index (χ0v) is 14.4. The summed E-state index contributed by atoms with van der Waals surface area (Å²) in [7, 11) is -3.78. The van der Waals surface area contributed by atoms with Gasteiger partial charge in [0.15, 0.2) is 0 Å². The van der Waals surface area contributed by atoms with Crippen molar-refractivity contribution in [1.29, 1.82) is 0 Å². The van der Waals surface area contributed by atoms with Gasteiger partial charge >= 0.3 is 6.09 Å². The number of carbonyl (C=O) groups excluding carboxylic acids is 1. The summed E-state index contributed by atoms with van der Waals surface area (Å²) in [5, 5.41) is 10.7. The Labute approximate surface area is 136 Å². The molecule has 6 N–H and O–H groups in total. The summed E-state index contributed by atoms with van der Waals surface area (Å²) in [6.45, 7) is 6.27. The number of rotatable bonds is 6. The molecule has 0 aliphatic rings. The van der Waals surface area contributed by atoms with Crippen molar-refractivity contribution in [3.63, 3.8) is 0 Å². The largest absolute Gasteiger partial charge is 0.444 e. The van der Waals surface area contributed by atoms with Crippen LogP contribution in [0.2, 0.25) is 0 Å². The highest BCUT2D eigenvalue weighted by Gasteiger charge is 2.15. The van der Waals surface area contributed by atoms with E-state index >= 15 is 0 Å². The molecule has 1 aromatic rings. The van der Waals surface area contributed by atoms with Crippen LogP contribution in [-0.4, -0.2) is 33.2 Å². The fraction of sp³-hybridized carbons (Fsp3) is 0.500. The molecule has 0 saturated heterocycles. The monoisotopic (exact) mass is 344 g/mol. The number of amides is 1. The number of ether oxygens (including phenoxy) is 1. The highest BCUT2D eigenvalue weighted by atomic mass is 32.2. The van der Waals surface area contributed by atoms with Crippen molar-refractivity contribution < 1.29 is 17.9 Å². The lowest BCUT2D eigenvalue weighted by atomic mass is 10.2. The molecule has 1 aromatic carbocycles. The topological polar surface area (TPSA) is 137 Å². The maximum Gasteiger partial charge on any atom is 0.407 e. The van der Waals surface area contributed by atoms with Crippen LogP contribution in [-0.2, 0) is 14.8 Å². The normalized spacial score (nSPS) is 11.8. The second kappa shape index (κ2) is 7.51. The number of carbonyl (C=O) groups is 1. The fourth-order valence-electron chi connectivity index (χ4n) is 1.68. The van der Waals surface area contributed by atoms with Gasteiger partial charge in [-0.1, -0.05) is 0 Å². The van der Waals surface area contributed by atoms with E-state index in [1.807, 2.05) is 0 Å². The highest BCUT2D eigenvalue weighted by molar-refractivity contribution is 7.89. The molecule has 0 radical (unpaired) electrons. The van der Waals surface area contributed by atoms with Crippen molar-refractivity contribution in [3.05, 3.63) is 18.2 Å². The zero-order chi connectivity index (χ0) is 17.7. The lowest BCUT2D eigenvalue weighted by Crippen LogP contribution is -2.33. The quantitative estimate of drug-likeness (QED) is 0.453. The molecule has 0 saturated carbocycles. The van der Waals surface area contributed by atoms with Crippen molar-refractivity contribution in [1.82, 2.24) is 5.32 Å². The van der Waals surface area contributed by atoms with E-state index in [2.05, 4.69) is 10.6 Å². The number of hydrogen-bond donors (Lipinski definition) is 4. The third kappa shape index (κ3) is 7.20. The minimum Gasteiger partial charge on any atom is -0.444 e. The Kier molecular flexibility index (Phi) is 6.22. The average Bonchev–Trinajstić information content (AvgIpc) is 2.36. The summed E-state index contributed by atoms with van der Waals surface area (Å²) in [6.07, 6.45) is 0.131. The molecule has 0 heterocycles. The molecule has 0 spiro atoms. The molecule has 9 heteroatoms. The maximum absolute atomic E-state index is 11.4. The molecule has 0 fully saturated rings. The maximum atomic E-state index is 11.4. The lowest BCUT2D eigenvalue weighted by Gasteiger charge is -2.19. The van der Waals surface area contributed by atoms with Gasteiger partial charge in [0, 0.05) is 13.1 Å². The van der Waals surface area contributed by atoms with E-state index in [0.717, 1.165) is 0 Å². The molecule has 0 aliphatic carbocycles. The molecule has 130 valence electrons. The van der Waals surface area contributed by atoms with E-state index in [4.69, 9.17) is 15.6 Å². The number of alkyl carbamates (subject to hydrolysis) is 1. The first kappa shape index (κ1) is 19.0. The molecular formula is C14H24N4O4S. The summed E-state index contributed by atoms with van der Waals surface area (Å²) in [6, 6.07) is 4.20. The van der Waals surface area contributed by atoms with Gasteiger partial charge in [0.1, 0.15) is 5.60 Å². The number of anilines is 2. The summed E-state index contributed by atoms with van der Waals surface area (Å²) < 4.78 is 27.7. The Bertz CT molecular complexity index is 653. The SMILES string of the molecule is CC(C)(C)OC(=O)NCCCNc1cc(S(N)(=O)=O)ccc1N. The van der Waals surface area contributed by atoms with Crippen LogP contribution in [0.1, 0.15) is 27.2 Å². The molecule has 0 aromatic heterocycles. The van der Waals surface area contributed by atoms with Gasteiger partial charge in [-0.15, -0.1) is 0 Å². The Hall–Kier alpha value is -2.00. The number of nitrogens with two attached hydrogens (primary N) is 2. The molecular weight excluding hydrogens is 320 g/mol. The van der Waals surface area contributed by atoms with Gasteiger partial charge < -0.3 is 21.1 Å². The van der Waals surface area contributed by atoms with Gasteiger partial charge in [0.25, 0.3) is 0 Å². The van der Waals surface area contributed by atoms with E-state index in [1.165, 1.54) is 18.2 Å². The number of nitrogens with one attached hydrogen (secondary N) is 2. The van der Waals surface area contributed by atoms with Gasteiger partial charge in [-0.05, 0) is 45.4 Å². The first-order valence-electron chi connectivity index (χ1n) is 7.12. The average molecular weight is 344 g/mol. The van der Waals surface area contributed by atoms with Gasteiger partial charge in [-0.25, -0.2) is 18.4 Å². The van der Waals surface area contributed by atoms with Crippen molar-refractivity contribution >= 4 is 27.5 Å². The van der Waals surface area contributed by atoms with E-state index in [0.29, 0.717) is 30.9 Å². The Balaban J connectivity index is 2.43. The number of nitrogen functional groups attached to an aromatic ring is 1. The van der Waals surface area contributed by atoms with Crippen LogP contribution in [0.25, 0.3) is 0 Å².